The van der Waals surface area contributed by atoms with Gasteiger partial charge in [0.25, 0.3) is 0 Å². The van der Waals surface area contributed by atoms with Crippen molar-refractivity contribution < 1.29 is 24.2 Å². The lowest BCUT2D eigenvalue weighted by atomic mass is 10.0. The number of hydrogen-bond acceptors (Lipinski definition) is 5. The fourth-order valence-corrected chi connectivity index (χ4v) is 0.914. The van der Waals surface area contributed by atoms with Gasteiger partial charge in [-0.1, -0.05) is 0 Å². The second-order valence-corrected chi connectivity index (χ2v) is 2.68. The predicted octanol–water partition coefficient (Wildman–Crippen LogP) is -0.281. The number of carbonyl (C=O) groups excluding carboxylic acids is 2. The molecule has 0 aromatic heterocycles. The van der Waals surface area contributed by atoms with E-state index < -0.39 is 24.0 Å². The Morgan fingerprint density at radius 1 is 1.23 bits per heavy atom. The van der Waals surface area contributed by atoms with Crippen molar-refractivity contribution in [3.8, 4) is 0 Å². The molecule has 0 rings (SSSR count). The summed E-state index contributed by atoms with van der Waals surface area (Å²) in [4.78, 5) is 22.0. The van der Waals surface area contributed by atoms with E-state index in [1.165, 1.54) is 21.1 Å². The van der Waals surface area contributed by atoms with E-state index in [0.717, 1.165) is 0 Å². The van der Waals surface area contributed by atoms with Gasteiger partial charge in [0.15, 0.2) is 5.92 Å². The number of hydrogen-bond donors (Lipinski definition) is 1. The minimum absolute atomic E-state index is 0.0132. The van der Waals surface area contributed by atoms with Crippen LogP contribution in [0.5, 0.6) is 0 Å². The number of ether oxygens (including phenoxy) is 2. The van der Waals surface area contributed by atoms with Crippen molar-refractivity contribution in [2.75, 3.05) is 14.2 Å². The maximum absolute atomic E-state index is 11.0. The third kappa shape index (κ3) is 3.89. The summed E-state index contributed by atoms with van der Waals surface area (Å²) in [5, 5.41) is 9.00. The highest BCUT2D eigenvalue weighted by molar-refractivity contribution is 5.94. The monoisotopic (exact) mass is 190 g/mol. The summed E-state index contributed by atoms with van der Waals surface area (Å²) in [6, 6.07) is 0. The molecule has 1 N–H and O–H groups in total. The number of rotatable bonds is 4. The van der Waals surface area contributed by atoms with E-state index in [-0.39, 0.29) is 6.42 Å². The SMILES string of the molecule is COC(=O)C(CC(C)O)C(=O)OC. The van der Waals surface area contributed by atoms with E-state index in [1.54, 1.807) is 0 Å². The normalized spacial score (nSPS) is 12.4. The van der Waals surface area contributed by atoms with Crippen molar-refractivity contribution >= 4 is 11.9 Å². The zero-order valence-electron chi connectivity index (χ0n) is 7.94. The summed E-state index contributed by atoms with van der Waals surface area (Å²) >= 11 is 0. The molecular formula is C8H14O5. The molecule has 5 nitrogen and oxygen atoms in total. The van der Waals surface area contributed by atoms with Crippen LogP contribution in [-0.4, -0.2) is 37.4 Å². The largest absolute Gasteiger partial charge is 0.468 e. The molecule has 0 aliphatic rings. The van der Waals surface area contributed by atoms with E-state index in [1.807, 2.05) is 0 Å². The molecule has 13 heavy (non-hydrogen) atoms. The van der Waals surface area contributed by atoms with Gasteiger partial charge in [-0.3, -0.25) is 9.59 Å². The van der Waals surface area contributed by atoms with E-state index in [4.69, 9.17) is 5.11 Å². The Morgan fingerprint density at radius 3 is 1.85 bits per heavy atom. The molecule has 0 bridgehead atoms. The molecule has 0 saturated carbocycles. The van der Waals surface area contributed by atoms with Gasteiger partial charge in [0.2, 0.25) is 0 Å². The second kappa shape index (κ2) is 5.53. The Balaban J connectivity index is 4.36. The van der Waals surface area contributed by atoms with Gasteiger partial charge in [0.1, 0.15) is 0 Å². The molecule has 0 spiro atoms. The van der Waals surface area contributed by atoms with Crippen LogP contribution in [0.1, 0.15) is 13.3 Å². The third-order valence-electron chi connectivity index (χ3n) is 1.55. The molecule has 0 aliphatic carbocycles. The van der Waals surface area contributed by atoms with Crippen LogP contribution in [0.25, 0.3) is 0 Å². The van der Waals surface area contributed by atoms with Crippen LogP contribution < -0.4 is 0 Å². The van der Waals surface area contributed by atoms with Crippen LogP contribution in [0.2, 0.25) is 0 Å². The topological polar surface area (TPSA) is 72.8 Å². The van der Waals surface area contributed by atoms with Crippen LogP contribution in [0.15, 0.2) is 0 Å². The lowest BCUT2D eigenvalue weighted by molar-refractivity contribution is -0.160. The first-order valence-electron chi connectivity index (χ1n) is 3.86. The number of methoxy groups -OCH3 is 2. The van der Waals surface area contributed by atoms with Crippen LogP contribution in [0.4, 0.5) is 0 Å². The summed E-state index contributed by atoms with van der Waals surface area (Å²) in [7, 11) is 2.36. The van der Waals surface area contributed by atoms with Gasteiger partial charge in [-0.2, -0.15) is 0 Å². The van der Waals surface area contributed by atoms with Gasteiger partial charge in [0.05, 0.1) is 20.3 Å². The molecule has 0 radical (unpaired) electrons. The molecular weight excluding hydrogens is 176 g/mol. The highest BCUT2D eigenvalue weighted by atomic mass is 16.5. The minimum Gasteiger partial charge on any atom is -0.468 e. The molecule has 1 atom stereocenters. The van der Waals surface area contributed by atoms with Crippen molar-refractivity contribution in [3.63, 3.8) is 0 Å². The smallest absolute Gasteiger partial charge is 0.320 e. The lowest BCUT2D eigenvalue weighted by Crippen LogP contribution is -2.29. The molecule has 0 fully saturated rings. The Morgan fingerprint density at radius 2 is 1.62 bits per heavy atom. The van der Waals surface area contributed by atoms with Crippen LogP contribution in [0.3, 0.4) is 0 Å². The highest BCUT2D eigenvalue weighted by Gasteiger charge is 2.29. The van der Waals surface area contributed by atoms with E-state index in [2.05, 4.69) is 9.47 Å². The van der Waals surface area contributed by atoms with Crippen molar-refractivity contribution in [1.82, 2.24) is 0 Å². The van der Waals surface area contributed by atoms with Gasteiger partial charge in [-0.05, 0) is 13.3 Å². The van der Waals surface area contributed by atoms with Gasteiger partial charge in [-0.15, -0.1) is 0 Å². The van der Waals surface area contributed by atoms with Gasteiger partial charge in [-0.25, -0.2) is 0 Å². The Hall–Kier alpha value is -1.10. The quantitative estimate of drug-likeness (QED) is 0.487. The van der Waals surface area contributed by atoms with Crippen LogP contribution in [-0.2, 0) is 19.1 Å². The summed E-state index contributed by atoms with van der Waals surface area (Å²) in [5.41, 5.74) is 0. The van der Waals surface area contributed by atoms with E-state index in [9.17, 15) is 9.59 Å². The van der Waals surface area contributed by atoms with Gasteiger partial charge < -0.3 is 14.6 Å². The Kier molecular flexibility index (Phi) is 5.06. The molecule has 0 aromatic carbocycles. The fraction of sp³-hybridized carbons (Fsp3) is 0.750. The van der Waals surface area contributed by atoms with Gasteiger partial charge >= 0.3 is 11.9 Å². The van der Waals surface area contributed by atoms with E-state index >= 15 is 0 Å². The van der Waals surface area contributed by atoms with Crippen molar-refractivity contribution in [3.05, 3.63) is 0 Å². The molecule has 0 amide bonds. The molecule has 0 aliphatic heterocycles. The molecule has 0 saturated heterocycles. The Bertz CT molecular complexity index is 171. The predicted molar refractivity (Wildman–Crippen MR) is 43.8 cm³/mol. The third-order valence-corrected chi connectivity index (χ3v) is 1.55. The number of aliphatic hydroxyl groups excluding tert-OH is 1. The summed E-state index contributed by atoms with van der Waals surface area (Å²) in [6.07, 6.45) is -0.734. The zero-order valence-corrected chi connectivity index (χ0v) is 7.94. The first-order valence-corrected chi connectivity index (χ1v) is 3.86. The van der Waals surface area contributed by atoms with Gasteiger partial charge in [0, 0.05) is 0 Å². The zero-order chi connectivity index (χ0) is 10.4. The van der Waals surface area contributed by atoms with E-state index in [0.29, 0.717) is 0 Å². The molecule has 1 unspecified atom stereocenters. The summed E-state index contributed by atoms with van der Waals surface area (Å²) in [5.74, 6) is -2.41. The first-order chi connectivity index (χ1) is 6.02. The summed E-state index contributed by atoms with van der Waals surface area (Å²) in [6.45, 7) is 1.48. The summed E-state index contributed by atoms with van der Waals surface area (Å²) < 4.78 is 8.77. The van der Waals surface area contributed by atoms with Crippen molar-refractivity contribution in [2.24, 2.45) is 5.92 Å². The van der Waals surface area contributed by atoms with Crippen molar-refractivity contribution in [1.29, 1.82) is 0 Å². The minimum atomic E-state index is -1.03. The number of aliphatic hydroxyl groups is 1. The molecule has 0 heterocycles. The fourth-order valence-electron chi connectivity index (χ4n) is 0.914. The average molecular weight is 190 g/mol. The van der Waals surface area contributed by atoms with Crippen LogP contribution in [0, 0.1) is 5.92 Å². The maximum atomic E-state index is 11.0. The maximum Gasteiger partial charge on any atom is 0.320 e. The molecule has 5 heteroatoms. The standard InChI is InChI=1S/C8H14O5/c1-5(9)4-6(7(10)12-2)8(11)13-3/h5-6,9H,4H2,1-3H3. The van der Waals surface area contributed by atoms with Crippen molar-refractivity contribution in [2.45, 2.75) is 19.4 Å². The average Bonchev–Trinajstić information content (AvgIpc) is 2.11. The Labute approximate surface area is 76.6 Å². The number of carbonyl (C=O) groups is 2. The lowest BCUT2D eigenvalue weighted by Gasteiger charge is -2.13. The molecule has 76 valence electrons. The molecule has 0 aromatic rings. The van der Waals surface area contributed by atoms with Crippen LogP contribution >= 0.6 is 0 Å². The number of esters is 2. The second-order valence-electron chi connectivity index (χ2n) is 2.68. The first kappa shape index (κ1) is 11.9. The highest BCUT2D eigenvalue weighted by Crippen LogP contribution is 2.10.